The molecule has 6 nitrogen and oxygen atoms in total. The fourth-order valence-electron chi connectivity index (χ4n) is 3.57. The normalized spacial score (nSPS) is 21.2. The Balaban J connectivity index is 1.55. The molecule has 4 rings (SSSR count). The van der Waals surface area contributed by atoms with E-state index in [1.54, 1.807) is 0 Å². The van der Waals surface area contributed by atoms with Gasteiger partial charge in [-0.15, -0.1) is 10.2 Å². The summed E-state index contributed by atoms with van der Waals surface area (Å²) in [5.41, 5.74) is 1.04. The molecule has 2 aliphatic rings. The van der Waals surface area contributed by atoms with Crippen LogP contribution in [0.5, 0.6) is 0 Å². The molecule has 1 aromatic heterocycles. The second-order valence-corrected chi connectivity index (χ2v) is 6.49. The number of hydrogen-bond acceptors (Lipinski definition) is 4. The molecular weight excluding hydrogens is 304 g/mol. The fraction of sp³-hybridized carbons (Fsp3) is 0.500. The molecule has 2 aromatic rings. The standard InChI is InChI=1S/C18H22N4O2/c23-18(19-14-8-11-24-12-9-14)15-7-4-10-22-16(20-21-17(15)22)13-5-2-1-3-6-13/h1-3,5-6,14-15H,4,7-12H2,(H,19,23). The SMILES string of the molecule is O=C(NC1CCOCC1)C1CCCn2c(-c3ccccc3)nnc21. The van der Waals surface area contributed by atoms with Crippen molar-refractivity contribution in [1.29, 1.82) is 0 Å². The lowest BCUT2D eigenvalue weighted by molar-refractivity contribution is -0.124. The van der Waals surface area contributed by atoms with Gasteiger partial charge in [-0.05, 0) is 25.7 Å². The van der Waals surface area contributed by atoms with Gasteiger partial charge in [0.05, 0.1) is 5.92 Å². The lowest BCUT2D eigenvalue weighted by atomic mass is 9.96. The number of nitrogens with one attached hydrogen (secondary N) is 1. The maximum absolute atomic E-state index is 12.7. The molecule has 0 spiro atoms. The Morgan fingerprint density at radius 2 is 1.92 bits per heavy atom. The van der Waals surface area contributed by atoms with Crippen molar-refractivity contribution in [2.75, 3.05) is 13.2 Å². The van der Waals surface area contributed by atoms with E-state index in [1.165, 1.54) is 0 Å². The number of amides is 1. The summed E-state index contributed by atoms with van der Waals surface area (Å²) < 4.78 is 7.46. The van der Waals surface area contributed by atoms with Gasteiger partial charge in [0.25, 0.3) is 0 Å². The summed E-state index contributed by atoms with van der Waals surface area (Å²) >= 11 is 0. The zero-order chi connectivity index (χ0) is 16.4. The van der Waals surface area contributed by atoms with E-state index >= 15 is 0 Å². The first-order chi connectivity index (χ1) is 11.8. The van der Waals surface area contributed by atoms with Crippen LogP contribution in [0.25, 0.3) is 11.4 Å². The van der Waals surface area contributed by atoms with E-state index in [0.29, 0.717) is 0 Å². The summed E-state index contributed by atoms with van der Waals surface area (Å²) in [6.45, 7) is 2.32. The van der Waals surface area contributed by atoms with E-state index in [1.807, 2.05) is 30.3 Å². The summed E-state index contributed by atoms with van der Waals surface area (Å²) in [4.78, 5) is 12.7. The predicted octanol–water partition coefficient (Wildman–Crippen LogP) is 2.12. The molecule has 0 aliphatic carbocycles. The monoisotopic (exact) mass is 326 g/mol. The highest BCUT2D eigenvalue weighted by Gasteiger charge is 2.32. The molecule has 126 valence electrons. The van der Waals surface area contributed by atoms with Crippen LogP contribution in [-0.2, 0) is 16.1 Å². The van der Waals surface area contributed by atoms with Gasteiger partial charge in [-0.25, -0.2) is 0 Å². The Kier molecular flexibility index (Phi) is 4.30. The van der Waals surface area contributed by atoms with Crippen molar-refractivity contribution in [3.63, 3.8) is 0 Å². The van der Waals surface area contributed by atoms with E-state index in [0.717, 1.165) is 62.7 Å². The van der Waals surface area contributed by atoms with Crippen molar-refractivity contribution >= 4 is 5.91 Å². The number of hydrogen-bond donors (Lipinski definition) is 1. The number of aromatic nitrogens is 3. The van der Waals surface area contributed by atoms with E-state index in [-0.39, 0.29) is 17.9 Å². The van der Waals surface area contributed by atoms with Gasteiger partial charge in [0, 0.05) is 31.4 Å². The number of benzene rings is 1. The van der Waals surface area contributed by atoms with Gasteiger partial charge >= 0.3 is 0 Å². The minimum atomic E-state index is -0.202. The minimum absolute atomic E-state index is 0.0786. The smallest absolute Gasteiger partial charge is 0.231 e. The minimum Gasteiger partial charge on any atom is -0.381 e. The van der Waals surface area contributed by atoms with Crippen LogP contribution >= 0.6 is 0 Å². The highest BCUT2D eigenvalue weighted by atomic mass is 16.5. The number of nitrogens with zero attached hydrogens (tertiary/aromatic N) is 3. The van der Waals surface area contributed by atoms with Crippen LogP contribution in [0.15, 0.2) is 30.3 Å². The highest BCUT2D eigenvalue weighted by Crippen LogP contribution is 2.30. The van der Waals surface area contributed by atoms with Crippen LogP contribution in [-0.4, -0.2) is 39.9 Å². The van der Waals surface area contributed by atoms with Gasteiger partial charge in [-0.2, -0.15) is 0 Å². The van der Waals surface area contributed by atoms with Gasteiger partial charge in [-0.1, -0.05) is 30.3 Å². The van der Waals surface area contributed by atoms with Crippen LogP contribution in [0.3, 0.4) is 0 Å². The van der Waals surface area contributed by atoms with Crippen molar-refractivity contribution in [1.82, 2.24) is 20.1 Å². The topological polar surface area (TPSA) is 69.0 Å². The molecule has 1 atom stereocenters. The highest BCUT2D eigenvalue weighted by molar-refractivity contribution is 5.83. The third kappa shape index (κ3) is 2.94. The van der Waals surface area contributed by atoms with Crippen molar-refractivity contribution in [3.05, 3.63) is 36.2 Å². The Morgan fingerprint density at radius 3 is 2.71 bits per heavy atom. The third-order valence-electron chi connectivity index (χ3n) is 4.88. The van der Waals surface area contributed by atoms with Crippen LogP contribution < -0.4 is 5.32 Å². The molecule has 1 saturated heterocycles. The Morgan fingerprint density at radius 1 is 1.12 bits per heavy atom. The number of carbonyl (C=O) groups is 1. The first-order valence-corrected chi connectivity index (χ1v) is 8.69. The van der Waals surface area contributed by atoms with Crippen LogP contribution in [0, 0.1) is 0 Å². The Bertz CT molecular complexity index is 707. The van der Waals surface area contributed by atoms with E-state index in [2.05, 4.69) is 20.1 Å². The van der Waals surface area contributed by atoms with Crippen molar-refractivity contribution in [2.45, 2.75) is 44.2 Å². The predicted molar refractivity (Wildman–Crippen MR) is 89.4 cm³/mol. The number of carbonyl (C=O) groups excluding carboxylic acids is 1. The molecule has 2 aliphatic heterocycles. The van der Waals surface area contributed by atoms with Gasteiger partial charge in [0.1, 0.15) is 5.82 Å². The lowest BCUT2D eigenvalue weighted by Gasteiger charge is -2.27. The van der Waals surface area contributed by atoms with Crippen LogP contribution in [0.4, 0.5) is 0 Å². The van der Waals surface area contributed by atoms with E-state index in [4.69, 9.17) is 4.74 Å². The molecule has 1 fully saturated rings. The molecule has 1 amide bonds. The van der Waals surface area contributed by atoms with Crippen molar-refractivity contribution < 1.29 is 9.53 Å². The zero-order valence-electron chi connectivity index (χ0n) is 13.6. The van der Waals surface area contributed by atoms with Gasteiger partial charge < -0.3 is 14.6 Å². The van der Waals surface area contributed by atoms with Gasteiger partial charge in [-0.3, -0.25) is 4.79 Å². The average Bonchev–Trinajstić information content (AvgIpc) is 3.07. The maximum Gasteiger partial charge on any atom is 0.231 e. The van der Waals surface area contributed by atoms with E-state index in [9.17, 15) is 4.79 Å². The lowest BCUT2D eigenvalue weighted by Crippen LogP contribution is -2.42. The van der Waals surface area contributed by atoms with E-state index < -0.39 is 0 Å². The molecule has 1 aromatic carbocycles. The first-order valence-electron chi connectivity index (χ1n) is 8.69. The molecule has 0 bridgehead atoms. The average molecular weight is 326 g/mol. The number of fused-ring (bicyclic) bond motifs is 1. The summed E-state index contributed by atoms with van der Waals surface area (Å²) in [6, 6.07) is 10.3. The van der Waals surface area contributed by atoms with Gasteiger partial charge in [0.15, 0.2) is 5.82 Å². The van der Waals surface area contributed by atoms with Crippen LogP contribution in [0.1, 0.15) is 37.4 Å². The summed E-state index contributed by atoms with van der Waals surface area (Å²) in [7, 11) is 0. The molecule has 6 heteroatoms. The maximum atomic E-state index is 12.7. The largest absolute Gasteiger partial charge is 0.381 e. The van der Waals surface area contributed by atoms with Gasteiger partial charge in [0.2, 0.25) is 5.91 Å². The molecule has 24 heavy (non-hydrogen) atoms. The summed E-state index contributed by atoms with van der Waals surface area (Å²) in [5, 5.41) is 11.9. The quantitative estimate of drug-likeness (QED) is 0.938. The second kappa shape index (κ2) is 6.73. The Hall–Kier alpha value is -2.21. The summed E-state index contributed by atoms with van der Waals surface area (Å²) in [5.74, 6) is 1.53. The molecule has 3 heterocycles. The molecule has 0 radical (unpaired) electrons. The fourth-order valence-corrected chi connectivity index (χ4v) is 3.57. The number of rotatable bonds is 3. The molecule has 1 unspecified atom stereocenters. The number of ether oxygens (including phenoxy) is 1. The Labute approximate surface area is 141 Å². The second-order valence-electron chi connectivity index (χ2n) is 6.49. The van der Waals surface area contributed by atoms with Crippen LogP contribution in [0.2, 0.25) is 0 Å². The van der Waals surface area contributed by atoms with Crippen molar-refractivity contribution in [3.8, 4) is 11.4 Å². The third-order valence-corrected chi connectivity index (χ3v) is 4.88. The first kappa shape index (κ1) is 15.3. The summed E-state index contributed by atoms with van der Waals surface area (Å²) in [6.07, 6.45) is 3.58. The molecular formula is C18H22N4O2. The molecule has 1 N–H and O–H groups in total. The molecule has 0 saturated carbocycles. The zero-order valence-corrected chi connectivity index (χ0v) is 13.6. The van der Waals surface area contributed by atoms with Crippen molar-refractivity contribution in [2.24, 2.45) is 0 Å².